The highest BCUT2D eigenvalue weighted by molar-refractivity contribution is 5.91. The molecule has 3 N–H and O–H groups in total. The third-order valence-electron chi connectivity index (χ3n) is 6.99. The summed E-state index contributed by atoms with van der Waals surface area (Å²) >= 11 is 0. The topological polar surface area (TPSA) is 96.9 Å². The smallest absolute Gasteiger partial charge is 0.315 e. The summed E-state index contributed by atoms with van der Waals surface area (Å²) in [7, 11) is 0. The van der Waals surface area contributed by atoms with Gasteiger partial charge in [-0.15, -0.1) is 0 Å². The number of carbonyl (C=O) groups is 1. The van der Waals surface area contributed by atoms with E-state index in [1.165, 1.54) is 0 Å². The summed E-state index contributed by atoms with van der Waals surface area (Å²) in [6.07, 6.45) is 9.51. The normalized spacial score (nSPS) is 21.8. The molecule has 0 aromatic carbocycles. The summed E-state index contributed by atoms with van der Waals surface area (Å²) in [4.78, 5) is 22.6. The van der Waals surface area contributed by atoms with E-state index in [0.717, 1.165) is 92.8 Å². The number of aliphatic imine (C=N–C) groups is 1. The van der Waals surface area contributed by atoms with Crippen LogP contribution < -0.4 is 16.0 Å². The second-order valence-corrected chi connectivity index (χ2v) is 9.25. The first-order valence-corrected chi connectivity index (χ1v) is 12.7. The van der Waals surface area contributed by atoms with Gasteiger partial charge in [0.05, 0.1) is 17.4 Å². The molecule has 1 atom stereocenters. The van der Waals surface area contributed by atoms with E-state index < -0.39 is 0 Å². The minimum atomic E-state index is -0.129. The van der Waals surface area contributed by atoms with E-state index in [9.17, 15) is 4.79 Å². The van der Waals surface area contributed by atoms with Gasteiger partial charge in [-0.25, -0.2) is 4.79 Å². The van der Waals surface area contributed by atoms with Crippen molar-refractivity contribution in [3.8, 4) is 0 Å². The van der Waals surface area contributed by atoms with E-state index in [0.29, 0.717) is 31.8 Å². The molecular formula is C25H39N5O3. The number of rotatable bonds is 7. The number of nitrogens with one attached hydrogen (secondary N) is 3. The Kier molecular flexibility index (Phi) is 8.56. The highest BCUT2D eigenvalue weighted by Gasteiger charge is 2.24. The first-order chi connectivity index (χ1) is 16.2. The fraction of sp³-hybridized carbons (Fsp3) is 0.720. The summed E-state index contributed by atoms with van der Waals surface area (Å²) in [6, 6.07) is 0.735. The van der Waals surface area contributed by atoms with Crippen LogP contribution in [0.2, 0.25) is 0 Å². The number of aryl methyl sites for hydroxylation is 2. The van der Waals surface area contributed by atoms with Crippen LogP contribution in [0, 0.1) is 0 Å². The Morgan fingerprint density at radius 1 is 1.03 bits per heavy atom. The molecule has 0 bridgehead atoms. The Labute approximate surface area is 197 Å². The van der Waals surface area contributed by atoms with Crippen molar-refractivity contribution in [3.63, 3.8) is 0 Å². The van der Waals surface area contributed by atoms with Gasteiger partial charge < -0.3 is 25.4 Å². The predicted octanol–water partition coefficient (Wildman–Crippen LogP) is 3.36. The molecule has 182 valence electrons. The van der Waals surface area contributed by atoms with Gasteiger partial charge in [0.2, 0.25) is 0 Å². The molecule has 1 aromatic rings. The molecule has 3 aliphatic rings. The number of nitrogens with zero attached hydrogens (tertiary/aromatic N) is 2. The molecule has 0 aliphatic carbocycles. The summed E-state index contributed by atoms with van der Waals surface area (Å²) in [5.41, 5.74) is 5.44. The van der Waals surface area contributed by atoms with Crippen molar-refractivity contribution in [1.29, 1.82) is 0 Å². The number of pyridine rings is 1. The molecule has 4 heterocycles. The van der Waals surface area contributed by atoms with Crippen LogP contribution in [-0.2, 0) is 28.9 Å². The van der Waals surface area contributed by atoms with Crippen molar-refractivity contribution in [2.45, 2.75) is 89.9 Å². The van der Waals surface area contributed by atoms with Gasteiger partial charge in [0.25, 0.3) is 0 Å². The molecule has 1 unspecified atom stereocenters. The van der Waals surface area contributed by atoms with Crippen LogP contribution in [0.5, 0.6) is 0 Å². The third-order valence-corrected chi connectivity index (χ3v) is 6.99. The molecule has 2 saturated heterocycles. The quantitative estimate of drug-likeness (QED) is 0.583. The standard InChI is InChI=1S/C25H39N5O3/c1-3-17-5-6-23-21(15-26-17)24(28-18-7-11-32-12-8-18)20(22(4-2)30-23)16-27-25(31)29-19-9-13-33-14-10-19/h15,17-19H,3-14,16H2,1-2H3,(H,28,30)(H2,27,29,31). The first-order valence-electron chi connectivity index (χ1n) is 12.7. The summed E-state index contributed by atoms with van der Waals surface area (Å²) in [5.74, 6) is 0. The van der Waals surface area contributed by atoms with Crippen molar-refractivity contribution in [3.05, 3.63) is 22.5 Å². The molecule has 8 nitrogen and oxygen atoms in total. The van der Waals surface area contributed by atoms with Gasteiger partial charge in [-0.2, -0.15) is 0 Å². The van der Waals surface area contributed by atoms with Crippen LogP contribution >= 0.6 is 0 Å². The van der Waals surface area contributed by atoms with Crippen LogP contribution in [0.1, 0.15) is 74.9 Å². The molecule has 8 heteroatoms. The number of hydrogen-bond acceptors (Lipinski definition) is 6. The maximum atomic E-state index is 12.7. The molecule has 2 fully saturated rings. The minimum absolute atomic E-state index is 0.129. The maximum Gasteiger partial charge on any atom is 0.315 e. The van der Waals surface area contributed by atoms with Gasteiger partial charge in [0, 0.05) is 68.1 Å². The predicted molar refractivity (Wildman–Crippen MR) is 130 cm³/mol. The van der Waals surface area contributed by atoms with E-state index in [-0.39, 0.29) is 12.1 Å². The number of amides is 2. The molecule has 33 heavy (non-hydrogen) atoms. The number of ether oxygens (including phenoxy) is 2. The number of hydrogen-bond donors (Lipinski definition) is 3. The van der Waals surface area contributed by atoms with Gasteiger partial charge in [0.15, 0.2) is 0 Å². The van der Waals surface area contributed by atoms with Gasteiger partial charge in [-0.1, -0.05) is 13.8 Å². The number of carbonyl (C=O) groups excluding carboxylic acids is 1. The second kappa shape index (κ2) is 11.8. The van der Waals surface area contributed by atoms with Crippen molar-refractivity contribution >= 4 is 17.9 Å². The minimum Gasteiger partial charge on any atom is -0.381 e. The molecule has 0 saturated carbocycles. The first kappa shape index (κ1) is 24.0. The van der Waals surface area contributed by atoms with Gasteiger partial charge in [-0.05, 0) is 51.4 Å². The van der Waals surface area contributed by atoms with Crippen LogP contribution in [0.4, 0.5) is 10.5 Å². The lowest BCUT2D eigenvalue weighted by Gasteiger charge is -2.28. The van der Waals surface area contributed by atoms with Crippen LogP contribution in [0.15, 0.2) is 4.99 Å². The number of anilines is 1. The molecule has 2 amide bonds. The Bertz CT molecular complexity index is 832. The summed E-state index contributed by atoms with van der Waals surface area (Å²) in [6.45, 7) is 7.73. The fourth-order valence-corrected chi connectivity index (χ4v) is 4.88. The molecule has 0 spiro atoms. The van der Waals surface area contributed by atoms with Crippen molar-refractivity contribution in [1.82, 2.24) is 15.6 Å². The zero-order valence-electron chi connectivity index (χ0n) is 20.1. The van der Waals surface area contributed by atoms with E-state index in [2.05, 4.69) is 29.8 Å². The van der Waals surface area contributed by atoms with E-state index >= 15 is 0 Å². The number of aromatic nitrogens is 1. The Balaban J connectivity index is 1.59. The Hall–Kier alpha value is -2.19. The highest BCUT2D eigenvalue weighted by Crippen LogP contribution is 2.31. The third kappa shape index (κ3) is 6.23. The monoisotopic (exact) mass is 457 g/mol. The van der Waals surface area contributed by atoms with Gasteiger partial charge in [-0.3, -0.25) is 9.98 Å². The van der Waals surface area contributed by atoms with Crippen molar-refractivity contribution < 1.29 is 14.3 Å². The average Bonchev–Trinajstić information content (AvgIpc) is 3.06. The lowest BCUT2D eigenvalue weighted by atomic mass is 9.98. The van der Waals surface area contributed by atoms with Gasteiger partial charge >= 0.3 is 6.03 Å². The molecule has 1 aromatic heterocycles. The zero-order valence-corrected chi connectivity index (χ0v) is 20.1. The van der Waals surface area contributed by atoms with E-state index in [1.807, 2.05) is 6.21 Å². The zero-order chi connectivity index (χ0) is 23.0. The fourth-order valence-electron chi connectivity index (χ4n) is 4.88. The van der Waals surface area contributed by atoms with Crippen LogP contribution in [0.3, 0.4) is 0 Å². The SMILES string of the molecule is CCc1nc2c(c(NC3CCOCC3)c1CNC(=O)NC1CCOCC1)C=NC(CC)CC2. The average molecular weight is 458 g/mol. The van der Waals surface area contributed by atoms with Crippen LogP contribution in [-0.4, -0.2) is 61.8 Å². The number of urea groups is 1. The lowest BCUT2D eigenvalue weighted by Crippen LogP contribution is -2.44. The molecule has 0 radical (unpaired) electrons. The molecule has 4 rings (SSSR count). The Morgan fingerprint density at radius 3 is 2.39 bits per heavy atom. The molecule has 3 aliphatic heterocycles. The highest BCUT2D eigenvalue weighted by atomic mass is 16.5. The second-order valence-electron chi connectivity index (χ2n) is 9.25. The summed E-state index contributed by atoms with van der Waals surface area (Å²) < 4.78 is 11.0. The summed E-state index contributed by atoms with van der Waals surface area (Å²) in [5, 5.41) is 10.0. The largest absolute Gasteiger partial charge is 0.381 e. The van der Waals surface area contributed by atoms with Crippen molar-refractivity contribution in [2.24, 2.45) is 4.99 Å². The van der Waals surface area contributed by atoms with Gasteiger partial charge in [0.1, 0.15) is 0 Å². The molecular weight excluding hydrogens is 418 g/mol. The number of fused-ring (bicyclic) bond motifs is 1. The van der Waals surface area contributed by atoms with Crippen molar-refractivity contribution in [2.75, 3.05) is 31.7 Å². The van der Waals surface area contributed by atoms with E-state index in [1.54, 1.807) is 0 Å². The Morgan fingerprint density at radius 2 is 1.73 bits per heavy atom. The lowest BCUT2D eigenvalue weighted by molar-refractivity contribution is 0.0801. The van der Waals surface area contributed by atoms with Crippen LogP contribution in [0.25, 0.3) is 0 Å². The van der Waals surface area contributed by atoms with E-state index in [4.69, 9.17) is 19.5 Å². The maximum absolute atomic E-state index is 12.7.